The third-order valence-corrected chi connectivity index (χ3v) is 5.72. The fourth-order valence-electron chi connectivity index (χ4n) is 4.01. The lowest BCUT2D eigenvalue weighted by atomic mass is 9.93. The zero-order chi connectivity index (χ0) is 21.1. The Kier molecular flexibility index (Phi) is 5.70. The molecule has 0 bridgehead atoms. The number of carbonyl (C=O) groups excluding carboxylic acids is 2. The number of imidazole rings is 1. The smallest absolute Gasteiger partial charge is 0.319 e. The van der Waals surface area contributed by atoms with E-state index in [4.69, 9.17) is 0 Å². The SMILES string of the molecule is CN(C)C(=O)N1CCC(C(=O)NC(c2ccccc2)c2ccc3nc[nH]c3c2)CC1. The molecular weight excluding hydrogens is 378 g/mol. The lowest BCUT2D eigenvalue weighted by molar-refractivity contribution is -0.126. The minimum Gasteiger partial charge on any atom is -0.345 e. The zero-order valence-electron chi connectivity index (χ0n) is 17.3. The van der Waals surface area contributed by atoms with Gasteiger partial charge in [0, 0.05) is 33.1 Å². The first-order valence-corrected chi connectivity index (χ1v) is 10.3. The summed E-state index contributed by atoms with van der Waals surface area (Å²) in [4.78, 5) is 36.1. The molecule has 0 spiro atoms. The standard InChI is InChI=1S/C23H27N5O2/c1-27(2)23(30)28-12-10-17(11-13-28)22(29)26-21(16-6-4-3-5-7-16)18-8-9-19-20(14-18)25-15-24-19/h3-9,14-15,17,21H,10-13H2,1-2H3,(H,24,25)(H,26,29). The number of nitrogens with one attached hydrogen (secondary N) is 2. The Morgan fingerprint density at radius 3 is 2.53 bits per heavy atom. The predicted molar refractivity (Wildman–Crippen MR) is 116 cm³/mol. The number of hydrogen-bond acceptors (Lipinski definition) is 3. The number of aromatic amines is 1. The van der Waals surface area contributed by atoms with Crippen LogP contribution in [-0.2, 0) is 4.79 Å². The van der Waals surface area contributed by atoms with Gasteiger partial charge in [0.1, 0.15) is 0 Å². The molecular formula is C23H27N5O2. The maximum atomic E-state index is 13.1. The van der Waals surface area contributed by atoms with Crippen molar-refractivity contribution in [1.29, 1.82) is 0 Å². The normalized spacial score (nSPS) is 15.7. The molecule has 0 radical (unpaired) electrons. The number of benzene rings is 2. The minimum atomic E-state index is -0.243. The first kappa shape index (κ1) is 19.9. The van der Waals surface area contributed by atoms with Crippen LogP contribution in [0, 0.1) is 5.92 Å². The summed E-state index contributed by atoms with van der Waals surface area (Å²) in [6.07, 6.45) is 3.02. The van der Waals surface area contributed by atoms with Crippen molar-refractivity contribution in [2.45, 2.75) is 18.9 Å². The van der Waals surface area contributed by atoms with E-state index in [0.29, 0.717) is 25.9 Å². The summed E-state index contributed by atoms with van der Waals surface area (Å²) in [6, 6.07) is 15.8. The molecule has 1 atom stereocenters. The first-order valence-electron chi connectivity index (χ1n) is 10.3. The number of nitrogens with zero attached hydrogens (tertiary/aromatic N) is 3. The summed E-state index contributed by atoms with van der Waals surface area (Å²) >= 11 is 0. The van der Waals surface area contributed by atoms with Gasteiger partial charge in [-0.25, -0.2) is 9.78 Å². The molecule has 30 heavy (non-hydrogen) atoms. The number of urea groups is 1. The quantitative estimate of drug-likeness (QED) is 0.700. The fraction of sp³-hybridized carbons (Fsp3) is 0.348. The van der Waals surface area contributed by atoms with Crippen molar-refractivity contribution >= 4 is 23.0 Å². The molecule has 4 rings (SSSR count). The molecule has 1 unspecified atom stereocenters. The monoisotopic (exact) mass is 405 g/mol. The van der Waals surface area contributed by atoms with E-state index in [1.54, 1.807) is 25.3 Å². The Morgan fingerprint density at radius 2 is 1.83 bits per heavy atom. The molecule has 1 aliphatic heterocycles. The number of aromatic nitrogens is 2. The van der Waals surface area contributed by atoms with Gasteiger partial charge in [-0.15, -0.1) is 0 Å². The maximum absolute atomic E-state index is 13.1. The number of fused-ring (bicyclic) bond motifs is 1. The molecule has 1 aromatic heterocycles. The lowest BCUT2D eigenvalue weighted by Gasteiger charge is -2.33. The van der Waals surface area contributed by atoms with Crippen LogP contribution in [0.15, 0.2) is 54.9 Å². The van der Waals surface area contributed by atoms with Crippen molar-refractivity contribution < 1.29 is 9.59 Å². The van der Waals surface area contributed by atoms with E-state index in [-0.39, 0.29) is 23.9 Å². The van der Waals surface area contributed by atoms with Crippen molar-refractivity contribution in [2.75, 3.05) is 27.2 Å². The molecule has 1 fully saturated rings. The Hall–Kier alpha value is -3.35. The van der Waals surface area contributed by atoms with Gasteiger partial charge in [0.2, 0.25) is 5.91 Å². The number of H-pyrrole nitrogens is 1. The van der Waals surface area contributed by atoms with Crippen LogP contribution < -0.4 is 5.32 Å². The molecule has 3 amide bonds. The highest BCUT2D eigenvalue weighted by Gasteiger charge is 2.29. The molecule has 2 aromatic carbocycles. The Morgan fingerprint density at radius 1 is 1.10 bits per heavy atom. The molecule has 1 aliphatic rings. The second-order valence-electron chi connectivity index (χ2n) is 7.97. The minimum absolute atomic E-state index is 0.00359. The van der Waals surface area contributed by atoms with Gasteiger partial charge < -0.3 is 20.1 Å². The Bertz CT molecular complexity index is 1020. The van der Waals surface area contributed by atoms with E-state index >= 15 is 0 Å². The van der Waals surface area contributed by atoms with Gasteiger partial charge in [0.25, 0.3) is 0 Å². The molecule has 7 nitrogen and oxygen atoms in total. The van der Waals surface area contributed by atoms with Gasteiger partial charge in [-0.3, -0.25) is 4.79 Å². The molecule has 7 heteroatoms. The molecule has 156 valence electrons. The van der Waals surface area contributed by atoms with E-state index in [1.807, 2.05) is 53.4 Å². The molecule has 3 aromatic rings. The average molecular weight is 406 g/mol. The van der Waals surface area contributed by atoms with Crippen LogP contribution in [0.2, 0.25) is 0 Å². The summed E-state index contributed by atoms with van der Waals surface area (Å²) in [5, 5.41) is 3.26. The molecule has 2 heterocycles. The van der Waals surface area contributed by atoms with Crippen LogP contribution in [0.3, 0.4) is 0 Å². The molecule has 2 N–H and O–H groups in total. The number of likely N-dealkylation sites (tertiary alicyclic amines) is 1. The van der Waals surface area contributed by atoms with Crippen molar-refractivity contribution in [2.24, 2.45) is 5.92 Å². The van der Waals surface area contributed by atoms with E-state index in [9.17, 15) is 9.59 Å². The van der Waals surface area contributed by atoms with Crippen LogP contribution >= 0.6 is 0 Å². The lowest BCUT2D eigenvalue weighted by Crippen LogP contribution is -2.46. The average Bonchev–Trinajstić information content (AvgIpc) is 3.25. The number of rotatable bonds is 4. The maximum Gasteiger partial charge on any atom is 0.319 e. The second kappa shape index (κ2) is 8.57. The van der Waals surface area contributed by atoms with Gasteiger partial charge in [-0.1, -0.05) is 36.4 Å². The van der Waals surface area contributed by atoms with Gasteiger partial charge in [-0.05, 0) is 36.1 Å². The first-order chi connectivity index (χ1) is 14.5. The van der Waals surface area contributed by atoms with Crippen molar-refractivity contribution in [3.63, 3.8) is 0 Å². The van der Waals surface area contributed by atoms with Crippen LogP contribution in [0.5, 0.6) is 0 Å². The number of hydrogen-bond donors (Lipinski definition) is 2. The number of amides is 3. The summed E-state index contributed by atoms with van der Waals surface area (Å²) in [7, 11) is 3.50. The topological polar surface area (TPSA) is 81.3 Å². The van der Waals surface area contributed by atoms with E-state index in [2.05, 4.69) is 15.3 Å². The summed E-state index contributed by atoms with van der Waals surface area (Å²) < 4.78 is 0. The molecule has 0 aliphatic carbocycles. The second-order valence-corrected chi connectivity index (χ2v) is 7.97. The van der Waals surface area contributed by atoms with Crippen molar-refractivity contribution in [3.8, 4) is 0 Å². The third-order valence-electron chi connectivity index (χ3n) is 5.72. The molecule has 0 saturated carbocycles. The van der Waals surface area contributed by atoms with Crippen LogP contribution in [0.1, 0.15) is 30.0 Å². The molecule has 1 saturated heterocycles. The van der Waals surface area contributed by atoms with Crippen LogP contribution in [0.25, 0.3) is 11.0 Å². The van der Waals surface area contributed by atoms with E-state index < -0.39 is 0 Å². The van der Waals surface area contributed by atoms with Crippen LogP contribution in [-0.4, -0.2) is 58.9 Å². The number of piperidine rings is 1. The largest absolute Gasteiger partial charge is 0.345 e. The van der Waals surface area contributed by atoms with Crippen molar-refractivity contribution in [1.82, 2.24) is 25.1 Å². The highest BCUT2D eigenvalue weighted by Crippen LogP contribution is 2.26. The summed E-state index contributed by atoms with van der Waals surface area (Å²) in [5.41, 5.74) is 3.88. The van der Waals surface area contributed by atoms with E-state index in [0.717, 1.165) is 22.2 Å². The fourth-order valence-corrected chi connectivity index (χ4v) is 4.01. The highest BCUT2D eigenvalue weighted by molar-refractivity contribution is 5.81. The van der Waals surface area contributed by atoms with Gasteiger partial charge in [0.05, 0.1) is 23.4 Å². The van der Waals surface area contributed by atoms with Gasteiger partial charge in [-0.2, -0.15) is 0 Å². The number of carbonyl (C=O) groups is 2. The predicted octanol–water partition coefficient (Wildman–Crippen LogP) is 3.16. The third kappa shape index (κ3) is 4.15. The highest BCUT2D eigenvalue weighted by atomic mass is 16.2. The Labute approximate surface area is 176 Å². The zero-order valence-corrected chi connectivity index (χ0v) is 17.3. The summed E-state index contributed by atoms with van der Waals surface area (Å²) in [6.45, 7) is 1.20. The summed E-state index contributed by atoms with van der Waals surface area (Å²) in [5.74, 6) is -0.0659. The van der Waals surface area contributed by atoms with Crippen LogP contribution in [0.4, 0.5) is 4.79 Å². The van der Waals surface area contributed by atoms with Gasteiger partial charge >= 0.3 is 6.03 Å². The van der Waals surface area contributed by atoms with Crippen molar-refractivity contribution in [3.05, 3.63) is 66.0 Å². The Balaban J connectivity index is 1.51. The van der Waals surface area contributed by atoms with E-state index in [1.165, 1.54) is 0 Å². The van der Waals surface area contributed by atoms with Gasteiger partial charge in [0.15, 0.2) is 0 Å².